The number of anilines is 2. The first-order valence-electron chi connectivity index (χ1n) is 9.33. The van der Waals surface area contributed by atoms with Crippen LogP contribution in [0.4, 0.5) is 11.4 Å². The summed E-state index contributed by atoms with van der Waals surface area (Å²) >= 11 is 11.4. The van der Waals surface area contributed by atoms with Crippen LogP contribution in [0, 0.1) is 0 Å². The zero-order valence-electron chi connectivity index (χ0n) is 17.7. The Labute approximate surface area is 200 Å². The number of phenols is 1. The third-order valence-electron chi connectivity index (χ3n) is 5.29. The van der Waals surface area contributed by atoms with E-state index in [2.05, 4.69) is 53.9 Å². The molecular formula is C21H28N2O2S5. The zero-order valence-corrected chi connectivity index (χ0v) is 21.8. The lowest BCUT2D eigenvalue weighted by Crippen LogP contribution is -2.29. The van der Waals surface area contributed by atoms with E-state index >= 15 is 0 Å². The third kappa shape index (κ3) is 4.80. The van der Waals surface area contributed by atoms with Crippen LogP contribution in [0.5, 0.6) is 11.5 Å². The van der Waals surface area contributed by atoms with Crippen LogP contribution in [-0.4, -0.2) is 46.9 Å². The summed E-state index contributed by atoms with van der Waals surface area (Å²) < 4.78 is 5.83. The maximum atomic E-state index is 9.97. The van der Waals surface area contributed by atoms with Gasteiger partial charge in [0, 0.05) is 22.0 Å². The van der Waals surface area contributed by atoms with Crippen LogP contribution < -0.4 is 15.4 Å². The Bertz CT molecular complexity index is 920. The number of methoxy groups -OCH3 is 1. The minimum atomic E-state index is -0.202. The Balaban J connectivity index is 1.83. The Morgan fingerprint density at radius 3 is 2.33 bits per heavy atom. The molecule has 0 aliphatic carbocycles. The van der Waals surface area contributed by atoms with Crippen molar-refractivity contribution in [3.05, 3.63) is 42.0 Å². The lowest BCUT2D eigenvalue weighted by molar-refractivity contribution is 0.373. The fourth-order valence-electron chi connectivity index (χ4n) is 3.63. The highest BCUT2D eigenvalue weighted by Gasteiger charge is 2.41. The fourth-order valence-corrected chi connectivity index (χ4v) is 10.4. The van der Waals surface area contributed by atoms with Crippen LogP contribution in [0.25, 0.3) is 0 Å². The molecule has 0 aromatic heterocycles. The molecule has 3 N–H and O–H groups in total. The van der Waals surface area contributed by atoms with E-state index in [0.717, 1.165) is 5.69 Å². The number of benzene rings is 2. The molecule has 0 amide bonds. The highest BCUT2D eigenvalue weighted by Crippen LogP contribution is 2.62. The van der Waals surface area contributed by atoms with E-state index in [9.17, 15) is 5.11 Å². The van der Waals surface area contributed by atoms with Crippen LogP contribution in [0.3, 0.4) is 0 Å². The first-order chi connectivity index (χ1) is 14.4. The average Bonchev–Trinajstić information content (AvgIpc) is 2.74. The second-order valence-electron chi connectivity index (χ2n) is 6.86. The van der Waals surface area contributed by atoms with Crippen molar-refractivity contribution in [1.29, 1.82) is 0 Å². The number of thioether (sulfide) groups is 3. The average molecular weight is 501 g/mol. The maximum Gasteiger partial charge on any atom is 0.175 e. The monoisotopic (exact) mass is 500 g/mol. The van der Waals surface area contributed by atoms with Crippen LogP contribution >= 0.6 is 58.4 Å². The van der Waals surface area contributed by atoms with E-state index in [-0.39, 0.29) is 20.7 Å². The largest absolute Gasteiger partial charge is 0.504 e. The molecule has 3 rings (SSSR count). The van der Waals surface area contributed by atoms with Gasteiger partial charge in [0.2, 0.25) is 0 Å². The van der Waals surface area contributed by atoms with Crippen molar-refractivity contribution in [3.8, 4) is 11.5 Å². The molecule has 1 heterocycles. The number of nitrogens with one attached hydrogen (secondary N) is 2. The number of fused-ring (bicyclic) bond motifs is 1. The molecule has 2 aromatic rings. The molecule has 0 bridgehead atoms. The second kappa shape index (κ2) is 10.2. The second-order valence-corrected chi connectivity index (χ2v) is 13.5. The Hall–Kier alpha value is -0.870. The third-order valence-corrected chi connectivity index (χ3v) is 13.1. The van der Waals surface area contributed by atoms with Gasteiger partial charge in [-0.2, -0.15) is 11.8 Å². The van der Waals surface area contributed by atoms with Crippen molar-refractivity contribution in [3.63, 3.8) is 0 Å². The van der Waals surface area contributed by atoms with E-state index in [1.807, 2.05) is 41.4 Å². The summed E-state index contributed by atoms with van der Waals surface area (Å²) in [5.74, 6) is 0.502. The van der Waals surface area contributed by atoms with Gasteiger partial charge in [0.25, 0.3) is 0 Å². The van der Waals surface area contributed by atoms with Crippen molar-refractivity contribution in [1.82, 2.24) is 0 Å². The number of thiol groups is 1. The summed E-state index contributed by atoms with van der Waals surface area (Å²) in [6, 6.07) is 11.8. The lowest BCUT2D eigenvalue weighted by atomic mass is 10.1. The van der Waals surface area contributed by atoms with E-state index < -0.39 is 0 Å². The van der Waals surface area contributed by atoms with Gasteiger partial charge in [-0.1, -0.05) is 0 Å². The first-order valence-corrected chi connectivity index (χ1v) is 15.3. The van der Waals surface area contributed by atoms with Gasteiger partial charge in [0.1, 0.15) is 0 Å². The van der Waals surface area contributed by atoms with Crippen molar-refractivity contribution in [2.75, 3.05) is 42.8 Å². The van der Waals surface area contributed by atoms with E-state index in [1.54, 1.807) is 12.1 Å². The van der Waals surface area contributed by atoms with Gasteiger partial charge >= 0.3 is 0 Å². The molecule has 164 valence electrons. The summed E-state index contributed by atoms with van der Waals surface area (Å²) in [4.78, 5) is 1.49. The quantitative estimate of drug-likeness (QED) is 0.213. The van der Waals surface area contributed by atoms with Gasteiger partial charge in [-0.15, -0.1) is 23.5 Å². The summed E-state index contributed by atoms with van der Waals surface area (Å²) in [5.41, 5.74) is 3.09. The smallest absolute Gasteiger partial charge is 0.175 e. The van der Waals surface area contributed by atoms with E-state index in [1.165, 1.54) is 24.0 Å². The molecule has 0 saturated heterocycles. The van der Waals surface area contributed by atoms with Crippen LogP contribution in [-0.2, 0) is 4.08 Å². The summed E-state index contributed by atoms with van der Waals surface area (Å²) in [6.45, 7) is 0. The van der Waals surface area contributed by atoms with Gasteiger partial charge in [-0.3, -0.25) is 0 Å². The summed E-state index contributed by atoms with van der Waals surface area (Å²) in [7, 11) is 1.32. The molecule has 0 spiro atoms. The number of phenolic OH excluding ortho intramolecular Hbond substituents is 1. The van der Waals surface area contributed by atoms with Gasteiger partial charge in [0.15, 0.2) is 16.6 Å². The predicted molar refractivity (Wildman–Crippen MR) is 145 cm³/mol. The van der Waals surface area contributed by atoms with Crippen molar-refractivity contribution in [2.45, 2.75) is 20.0 Å². The normalized spacial score (nSPS) is 20.8. The SMILES string of the molecule is COc1ccc(NC(=S)Nc2ccc3c(c2)C(SC)(SC)CC(SC)[SH]3C)cc1O. The zero-order chi connectivity index (χ0) is 21.9. The fraction of sp³-hybridized carbons (Fsp3) is 0.381. The minimum Gasteiger partial charge on any atom is -0.504 e. The molecule has 9 heteroatoms. The summed E-state index contributed by atoms with van der Waals surface area (Å²) in [5, 5.41) is 16.9. The Morgan fingerprint density at radius 2 is 1.77 bits per heavy atom. The van der Waals surface area contributed by atoms with Crippen molar-refractivity contribution in [2.24, 2.45) is 0 Å². The lowest BCUT2D eigenvalue weighted by Gasteiger charge is -2.45. The molecule has 30 heavy (non-hydrogen) atoms. The molecule has 0 radical (unpaired) electrons. The Kier molecular flexibility index (Phi) is 8.06. The number of thiocarbonyl (C=S) groups is 1. The Morgan fingerprint density at radius 1 is 1.13 bits per heavy atom. The van der Waals surface area contributed by atoms with E-state index in [4.69, 9.17) is 17.0 Å². The molecule has 0 saturated carbocycles. The molecule has 2 atom stereocenters. The number of aromatic hydroxyl groups is 1. The predicted octanol–water partition coefficient (Wildman–Crippen LogP) is 6.17. The number of rotatable bonds is 6. The van der Waals surface area contributed by atoms with Crippen LogP contribution in [0.2, 0.25) is 0 Å². The van der Waals surface area contributed by atoms with Gasteiger partial charge < -0.3 is 20.5 Å². The standard InChI is InChI=1S/C21H28N2O2S5/c1-25-17-8-6-14(11-16(17)24)23-20(26)22-13-7-9-18-15(10-13)21(28-3,29-4)12-19(27-2)30(18)5/h6-11,19,24,30H,12H2,1-5H3,(H2,22,23,26). The van der Waals surface area contributed by atoms with Crippen molar-refractivity contribution < 1.29 is 9.84 Å². The number of ether oxygens (including phenoxy) is 1. The van der Waals surface area contributed by atoms with Crippen LogP contribution in [0.1, 0.15) is 12.0 Å². The molecule has 4 nitrogen and oxygen atoms in total. The van der Waals surface area contributed by atoms with E-state index in [0.29, 0.717) is 21.1 Å². The van der Waals surface area contributed by atoms with Gasteiger partial charge in [-0.25, -0.2) is 10.9 Å². The molecular weight excluding hydrogens is 473 g/mol. The molecule has 0 fully saturated rings. The highest BCUT2D eigenvalue weighted by atomic mass is 32.2. The maximum absolute atomic E-state index is 9.97. The molecule has 1 aliphatic heterocycles. The molecule has 2 aromatic carbocycles. The molecule has 2 unspecified atom stereocenters. The van der Waals surface area contributed by atoms with Crippen LogP contribution in [0.15, 0.2) is 41.3 Å². The molecule has 1 aliphatic rings. The van der Waals surface area contributed by atoms with Crippen molar-refractivity contribution >= 4 is 74.9 Å². The first kappa shape index (κ1) is 23.8. The minimum absolute atomic E-state index is 0.0619. The number of hydrogen-bond donors (Lipinski definition) is 4. The van der Waals surface area contributed by atoms with Gasteiger partial charge in [0.05, 0.1) is 11.2 Å². The topological polar surface area (TPSA) is 53.5 Å². The highest BCUT2D eigenvalue weighted by molar-refractivity contribution is 8.27. The summed E-state index contributed by atoms with van der Waals surface area (Å²) in [6.07, 6.45) is 10.2. The van der Waals surface area contributed by atoms with Gasteiger partial charge in [-0.05, 0) is 84.5 Å². The number of hydrogen-bond acceptors (Lipinski definition) is 6.